The summed E-state index contributed by atoms with van der Waals surface area (Å²) in [5, 5.41) is 21.3. The van der Waals surface area contributed by atoms with Crippen LogP contribution in [-0.4, -0.2) is 90.5 Å². The van der Waals surface area contributed by atoms with Gasteiger partial charge < -0.3 is 40.3 Å². The fourth-order valence-corrected chi connectivity index (χ4v) is 6.96. The van der Waals surface area contributed by atoms with Crippen molar-refractivity contribution in [3.05, 3.63) is 66.2 Å². The first-order chi connectivity index (χ1) is 24.6. The topological polar surface area (TPSA) is 132 Å². The Kier molecular flexibility index (Phi) is 13.5. The molecule has 1 saturated carbocycles. The lowest BCUT2D eigenvalue weighted by Gasteiger charge is -2.36. The molecular formula is C40H55N5O6. The maximum atomic E-state index is 14.5. The Hall–Kier alpha value is -4.35. The molecule has 4 N–H and O–H groups in total. The lowest BCUT2D eigenvalue weighted by Crippen LogP contribution is -2.48. The van der Waals surface area contributed by atoms with Crippen molar-refractivity contribution in [2.75, 3.05) is 44.0 Å². The van der Waals surface area contributed by atoms with Crippen molar-refractivity contribution in [2.45, 2.75) is 96.4 Å². The number of rotatable bonds is 7. The van der Waals surface area contributed by atoms with Crippen molar-refractivity contribution in [1.29, 1.82) is 0 Å². The minimum atomic E-state index is -0.516. The zero-order valence-corrected chi connectivity index (χ0v) is 30.5. The quantitative estimate of drug-likeness (QED) is 0.205. The van der Waals surface area contributed by atoms with Gasteiger partial charge in [0.05, 0.1) is 36.1 Å². The number of amides is 5. The van der Waals surface area contributed by atoms with Gasteiger partial charge in [0.25, 0.3) is 5.91 Å². The number of fused-ring (bicyclic) bond motifs is 2. The average molecular weight is 702 g/mol. The molecule has 1 fully saturated rings. The minimum Gasteiger partial charge on any atom is -0.490 e. The van der Waals surface area contributed by atoms with E-state index in [-0.39, 0.29) is 55.3 Å². The van der Waals surface area contributed by atoms with Crippen LogP contribution < -0.4 is 20.7 Å². The van der Waals surface area contributed by atoms with Gasteiger partial charge in [-0.15, -0.1) is 0 Å². The van der Waals surface area contributed by atoms with E-state index in [1.165, 1.54) is 6.42 Å². The maximum absolute atomic E-state index is 14.5. The van der Waals surface area contributed by atoms with Crippen LogP contribution in [0.2, 0.25) is 0 Å². The molecular weight excluding hydrogens is 646 g/mol. The molecule has 2 aliphatic rings. The van der Waals surface area contributed by atoms with Crippen LogP contribution in [0, 0.1) is 5.92 Å². The molecule has 4 atom stereocenters. The highest BCUT2D eigenvalue weighted by Gasteiger charge is 2.31. The summed E-state index contributed by atoms with van der Waals surface area (Å²) < 4.78 is 12.8. The molecule has 3 aromatic carbocycles. The number of aliphatic hydroxyl groups excluding tert-OH is 1. The number of aliphatic hydroxyl groups is 1. The summed E-state index contributed by atoms with van der Waals surface area (Å²) in [6, 6.07) is 18.0. The minimum absolute atomic E-state index is 0.141. The summed E-state index contributed by atoms with van der Waals surface area (Å²) >= 11 is 0. The Balaban J connectivity index is 1.35. The van der Waals surface area contributed by atoms with Crippen molar-refractivity contribution in [3.63, 3.8) is 0 Å². The van der Waals surface area contributed by atoms with Crippen LogP contribution in [0.25, 0.3) is 10.8 Å². The second kappa shape index (κ2) is 18.2. The van der Waals surface area contributed by atoms with E-state index in [9.17, 15) is 19.5 Å². The second-order valence-electron chi connectivity index (χ2n) is 14.3. The summed E-state index contributed by atoms with van der Waals surface area (Å²) in [4.78, 5) is 44.1. The third-order valence-electron chi connectivity index (χ3n) is 10.1. The fraction of sp³-hybridized carbons (Fsp3) is 0.525. The van der Waals surface area contributed by atoms with Crippen LogP contribution in [0.1, 0.15) is 82.5 Å². The molecule has 0 saturated heterocycles. The molecule has 3 aromatic rings. The lowest BCUT2D eigenvalue weighted by molar-refractivity contribution is -0.0115. The summed E-state index contributed by atoms with van der Waals surface area (Å²) in [5.74, 6) is -0.0902. The van der Waals surface area contributed by atoms with Crippen molar-refractivity contribution in [1.82, 2.24) is 15.1 Å². The molecule has 0 aromatic heterocycles. The van der Waals surface area contributed by atoms with E-state index in [0.29, 0.717) is 30.2 Å². The summed E-state index contributed by atoms with van der Waals surface area (Å²) in [6.45, 7) is 6.60. The van der Waals surface area contributed by atoms with Crippen molar-refractivity contribution in [2.24, 2.45) is 5.92 Å². The van der Waals surface area contributed by atoms with Crippen LogP contribution in [0.4, 0.5) is 21.0 Å². The molecule has 11 heteroatoms. The van der Waals surface area contributed by atoms with E-state index in [2.05, 4.69) is 16.0 Å². The van der Waals surface area contributed by atoms with Crippen LogP contribution in [0.3, 0.4) is 0 Å². The SMILES string of the molecule is C[C@@H]1CCCCO[C@@H](CN(C)C(=O)Nc2cccc3ccccc23)[C@@H](C)CN([C@@H](C)CO)C(=O)c2cc(NC(=O)NC3CCCCC3)ccc2O1. The number of benzene rings is 3. The Bertz CT molecular complexity index is 1620. The number of hydrogen-bond acceptors (Lipinski definition) is 6. The zero-order chi connectivity index (χ0) is 36.3. The number of ether oxygens (including phenoxy) is 2. The van der Waals surface area contributed by atoms with Gasteiger partial charge in [0.15, 0.2) is 0 Å². The molecule has 0 unspecified atom stereocenters. The van der Waals surface area contributed by atoms with Gasteiger partial charge in [0.1, 0.15) is 5.75 Å². The lowest BCUT2D eigenvalue weighted by atomic mass is 9.96. The summed E-state index contributed by atoms with van der Waals surface area (Å²) in [6.07, 6.45) is 7.19. The third-order valence-corrected chi connectivity index (χ3v) is 10.1. The first-order valence-corrected chi connectivity index (χ1v) is 18.5. The molecule has 0 radical (unpaired) electrons. The molecule has 1 aliphatic carbocycles. The number of likely N-dealkylation sites (N-methyl/N-ethyl adjacent to an activating group) is 1. The predicted octanol–water partition coefficient (Wildman–Crippen LogP) is 7.25. The van der Waals surface area contributed by atoms with Crippen molar-refractivity contribution < 1.29 is 29.0 Å². The number of nitrogens with zero attached hydrogens (tertiary/aromatic N) is 2. The first-order valence-electron chi connectivity index (χ1n) is 18.5. The smallest absolute Gasteiger partial charge is 0.321 e. The van der Waals surface area contributed by atoms with Crippen molar-refractivity contribution >= 4 is 40.1 Å². The Morgan fingerprint density at radius 1 is 0.961 bits per heavy atom. The maximum Gasteiger partial charge on any atom is 0.321 e. The van der Waals surface area contributed by atoms with Gasteiger partial charge in [0.2, 0.25) is 0 Å². The molecule has 1 heterocycles. The number of anilines is 2. The number of nitrogens with one attached hydrogen (secondary N) is 3. The molecule has 11 nitrogen and oxygen atoms in total. The zero-order valence-electron chi connectivity index (χ0n) is 30.5. The summed E-state index contributed by atoms with van der Waals surface area (Å²) in [5.41, 5.74) is 1.53. The standard InChI is InChI=1S/C40H55N5O6/c1-27-24-45(28(2)26-46)38(47)34-23-32(42-39(48)41-31-16-6-5-7-17-31)20-21-36(34)51-29(3)13-10-11-22-50-37(27)25-44(4)40(49)43-35-19-12-15-30-14-8-9-18-33(30)35/h8-9,12,14-15,18-21,23,27-29,31,37,46H,5-7,10-11,13,16-17,22,24-26H2,1-4H3,(H,43,49)(H2,41,42,48)/t27-,28-,29+,37-/m0/s1. The van der Waals surface area contributed by atoms with Gasteiger partial charge in [-0.2, -0.15) is 0 Å². The average Bonchev–Trinajstić information content (AvgIpc) is 3.13. The van der Waals surface area contributed by atoms with Crippen LogP contribution in [-0.2, 0) is 4.74 Å². The predicted molar refractivity (Wildman–Crippen MR) is 201 cm³/mol. The number of urea groups is 2. The second-order valence-corrected chi connectivity index (χ2v) is 14.3. The third kappa shape index (κ3) is 10.4. The first kappa shape index (κ1) is 37.9. The highest BCUT2D eigenvalue weighted by Crippen LogP contribution is 2.29. The van der Waals surface area contributed by atoms with Crippen LogP contribution >= 0.6 is 0 Å². The number of carbonyl (C=O) groups is 3. The van der Waals surface area contributed by atoms with Crippen LogP contribution in [0.15, 0.2) is 60.7 Å². The van der Waals surface area contributed by atoms with Gasteiger partial charge in [-0.3, -0.25) is 4.79 Å². The van der Waals surface area contributed by atoms with Gasteiger partial charge in [0, 0.05) is 49.8 Å². The molecule has 276 valence electrons. The molecule has 0 bridgehead atoms. The molecule has 51 heavy (non-hydrogen) atoms. The normalized spacial score (nSPS) is 21.5. The van der Waals surface area contributed by atoms with Gasteiger partial charge >= 0.3 is 12.1 Å². The molecule has 5 amide bonds. The van der Waals surface area contributed by atoms with E-state index < -0.39 is 6.04 Å². The fourth-order valence-electron chi connectivity index (χ4n) is 6.96. The Labute approximate surface area is 302 Å². The van der Waals surface area contributed by atoms with Gasteiger partial charge in [-0.25, -0.2) is 9.59 Å². The van der Waals surface area contributed by atoms with E-state index in [1.54, 1.807) is 42.0 Å². The van der Waals surface area contributed by atoms with E-state index >= 15 is 0 Å². The van der Waals surface area contributed by atoms with Gasteiger partial charge in [-0.1, -0.05) is 62.6 Å². The molecule has 1 aliphatic heterocycles. The van der Waals surface area contributed by atoms with E-state index in [1.807, 2.05) is 56.3 Å². The molecule has 5 rings (SSSR count). The van der Waals surface area contributed by atoms with E-state index in [4.69, 9.17) is 9.47 Å². The van der Waals surface area contributed by atoms with Gasteiger partial charge in [-0.05, 0) is 75.6 Å². The highest BCUT2D eigenvalue weighted by atomic mass is 16.5. The highest BCUT2D eigenvalue weighted by molar-refractivity contribution is 6.01. The monoisotopic (exact) mass is 701 g/mol. The van der Waals surface area contributed by atoms with Crippen molar-refractivity contribution in [3.8, 4) is 5.75 Å². The number of carbonyl (C=O) groups excluding carboxylic acids is 3. The number of hydrogen-bond donors (Lipinski definition) is 4. The van der Waals surface area contributed by atoms with Crippen LogP contribution in [0.5, 0.6) is 5.75 Å². The Morgan fingerprint density at radius 2 is 1.71 bits per heavy atom. The summed E-state index contributed by atoms with van der Waals surface area (Å²) in [7, 11) is 1.75. The largest absolute Gasteiger partial charge is 0.490 e. The van der Waals surface area contributed by atoms with E-state index in [0.717, 1.165) is 61.4 Å². The molecule has 0 spiro atoms. The Morgan fingerprint density at radius 3 is 2.49 bits per heavy atom.